The Morgan fingerprint density at radius 1 is 1.37 bits per heavy atom. The number of fused-ring (bicyclic) bond motifs is 1. The van der Waals surface area contributed by atoms with Crippen LogP contribution in [0.3, 0.4) is 0 Å². The van der Waals surface area contributed by atoms with E-state index in [1.807, 2.05) is 18.2 Å². The number of hydrogen-bond donors (Lipinski definition) is 1. The molecule has 1 aromatic carbocycles. The van der Waals surface area contributed by atoms with Crippen molar-refractivity contribution in [3.05, 3.63) is 35.5 Å². The molecule has 0 saturated carbocycles. The molecule has 1 unspecified atom stereocenters. The number of benzene rings is 1. The van der Waals surface area contributed by atoms with Crippen molar-refractivity contribution in [2.75, 3.05) is 16.8 Å². The number of aromatic nitrogens is 1. The maximum atomic E-state index is 11.5. The minimum Gasteiger partial charge on any atom is -0.379 e. The number of nitrogens with zero attached hydrogens (tertiary/aromatic N) is 1. The number of halogens is 1. The van der Waals surface area contributed by atoms with Gasteiger partial charge in [-0.15, -0.1) is 0 Å². The Kier molecular flexibility index (Phi) is 3.11. The molecule has 6 heteroatoms. The zero-order valence-corrected chi connectivity index (χ0v) is 11.7. The van der Waals surface area contributed by atoms with Crippen LogP contribution in [-0.2, 0) is 9.84 Å². The molecule has 1 fully saturated rings. The van der Waals surface area contributed by atoms with E-state index >= 15 is 0 Å². The van der Waals surface area contributed by atoms with E-state index in [2.05, 4.69) is 10.3 Å². The molecule has 0 radical (unpaired) electrons. The highest BCUT2D eigenvalue weighted by atomic mass is 35.5. The first-order chi connectivity index (χ1) is 9.03. The van der Waals surface area contributed by atoms with Gasteiger partial charge in [0.15, 0.2) is 9.84 Å². The predicted molar refractivity (Wildman–Crippen MR) is 77.4 cm³/mol. The fourth-order valence-electron chi connectivity index (χ4n) is 2.39. The van der Waals surface area contributed by atoms with Crippen LogP contribution in [0.15, 0.2) is 30.5 Å². The molecule has 2 heterocycles. The first-order valence-electron chi connectivity index (χ1n) is 6.05. The monoisotopic (exact) mass is 296 g/mol. The van der Waals surface area contributed by atoms with E-state index in [0.717, 1.165) is 16.6 Å². The molecule has 4 nitrogen and oxygen atoms in total. The second-order valence-electron chi connectivity index (χ2n) is 4.77. The van der Waals surface area contributed by atoms with Crippen LogP contribution < -0.4 is 5.32 Å². The fraction of sp³-hybridized carbons (Fsp3) is 0.308. The van der Waals surface area contributed by atoms with Crippen LogP contribution in [0.2, 0.25) is 5.02 Å². The van der Waals surface area contributed by atoms with Gasteiger partial charge < -0.3 is 5.32 Å². The van der Waals surface area contributed by atoms with Crippen molar-refractivity contribution in [3.8, 4) is 0 Å². The molecule has 0 bridgehead atoms. The fourth-order valence-corrected chi connectivity index (χ4v) is 4.29. The van der Waals surface area contributed by atoms with Gasteiger partial charge in [-0.25, -0.2) is 8.42 Å². The number of anilines is 1. The molecular weight excluding hydrogens is 284 g/mol. The maximum Gasteiger partial charge on any atom is 0.152 e. The Labute approximate surface area is 116 Å². The summed E-state index contributed by atoms with van der Waals surface area (Å²) in [7, 11) is -2.89. The van der Waals surface area contributed by atoms with Crippen LogP contribution in [0.25, 0.3) is 10.9 Å². The Hall–Kier alpha value is -1.33. The van der Waals surface area contributed by atoms with Gasteiger partial charge in [0.1, 0.15) is 0 Å². The summed E-state index contributed by atoms with van der Waals surface area (Å²) in [5.74, 6) is 0.421. The smallest absolute Gasteiger partial charge is 0.152 e. The molecule has 1 aromatic heterocycles. The molecule has 100 valence electrons. The lowest BCUT2D eigenvalue weighted by atomic mass is 10.1. The summed E-state index contributed by atoms with van der Waals surface area (Å²) in [6.07, 6.45) is 2.34. The molecule has 2 aromatic rings. The lowest BCUT2D eigenvalue weighted by Crippen LogP contribution is -2.20. The summed E-state index contributed by atoms with van der Waals surface area (Å²) in [6.45, 7) is 0. The van der Waals surface area contributed by atoms with Crippen molar-refractivity contribution in [2.24, 2.45) is 0 Å². The summed E-state index contributed by atoms with van der Waals surface area (Å²) in [5, 5.41) is 4.81. The van der Waals surface area contributed by atoms with E-state index in [1.54, 1.807) is 12.3 Å². The van der Waals surface area contributed by atoms with Crippen molar-refractivity contribution in [1.29, 1.82) is 0 Å². The van der Waals surface area contributed by atoms with Gasteiger partial charge in [-0.1, -0.05) is 17.7 Å². The first-order valence-corrected chi connectivity index (χ1v) is 8.25. The van der Waals surface area contributed by atoms with Crippen molar-refractivity contribution >= 4 is 38.0 Å². The van der Waals surface area contributed by atoms with E-state index in [9.17, 15) is 8.42 Å². The zero-order chi connectivity index (χ0) is 13.5. The summed E-state index contributed by atoms with van der Waals surface area (Å²) >= 11 is 6.08. The number of pyridine rings is 1. The molecule has 0 amide bonds. The molecule has 1 aliphatic heterocycles. The normalized spacial score (nSPS) is 21.6. The van der Waals surface area contributed by atoms with Crippen molar-refractivity contribution in [2.45, 2.75) is 12.5 Å². The van der Waals surface area contributed by atoms with Crippen molar-refractivity contribution in [3.63, 3.8) is 0 Å². The van der Waals surface area contributed by atoms with Gasteiger partial charge in [0, 0.05) is 22.6 Å². The average Bonchev–Trinajstić information content (AvgIpc) is 2.68. The van der Waals surface area contributed by atoms with Crippen LogP contribution in [0, 0.1) is 0 Å². The quantitative estimate of drug-likeness (QED) is 0.925. The number of nitrogens with one attached hydrogen (secondary N) is 1. The molecule has 1 N–H and O–H groups in total. The Balaban J connectivity index is 1.97. The molecule has 1 atom stereocenters. The number of rotatable bonds is 2. The van der Waals surface area contributed by atoms with Crippen LogP contribution in [0.1, 0.15) is 6.42 Å². The second kappa shape index (κ2) is 4.65. The highest BCUT2D eigenvalue weighted by Crippen LogP contribution is 2.28. The van der Waals surface area contributed by atoms with E-state index < -0.39 is 9.84 Å². The Morgan fingerprint density at radius 2 is 2.21 bits per heavy atom. The number of hydrogen-bond acceptors (Lipinski definition) is 4. The summed E-state index contributed by atoms with van der Waals surface area (Å²) in [5.41, 5.74) is 1.61. The Morgan fingerprint density at radius 3 is 2.95 bits per heavy atom. The standard InChI is InChI=1S/C13H13ClN2O2S/c14-10-6-9-2-1-4-15-13(9)12(7-10)16-11-3-5-19(17,18)8-11/h1-2,4,6-7,11,16H,3,5,8H2. The first kappa shape index (κ1) is 12.7. The minimum absolute atomic E-state index is 0.0614. The van der Waals surface area contributed by atoms with Gasteiger partial charge in [-0.05, 0) is 24.6 Å². The van der Waals surface area contributed by atoms with E-state index in [1.165, 1.54) is 0 Å². The summed E-state index contributed by atoms with van der Waals surface area (Å²) < 4.78 is 23.0. The average molecular weight is 297 g/mol. The molecule has 0 spiro atoms. The third-order valence-electron chi connectivity index (χ3n) is 3.26. The SMILES string of the molecule is O=S1(=O)CCC(Nc2cc(Cl)cc3cccnc23)C1. The van der Waals surface area contributed by atoms with E-state index in [-0.39, 0.29) is 17.5 Å². The minimum atomic E-state index is -2.89. The Bertz CT molecular complexity index is 731. The third-order valence-corrected chi connectivity index (χ3v) is 5.25. The maximum absolute atomic E-state index is 11.5. The zero-order valence-electron chi connectivity index (χ0n) is 10.1. The lowest BCUT2D eigenvalue weighted by molar-refractivity contribution is 0.602. The largest absolute Gasteiger partial charge is 0.379 e. The van der Waals surface area contributed by atoms with Gasteiger partial charge in [0.05, 0.1) is 22.7 Å². The van der Waals surface area contributed by atoms with Crippen LogP contribution in [0.4, 0.5) is 5.69 Å². The predicted octanol–water partition coefficient (Wildman–Crippen LogP) is 2.49. The second-order valence-corrected chi connectivity index (χ2v) is 7.44. The van der Waals surface area contributed by atoms with Crippen LogP contribution in [0.5, 0.6) is 0 Å². The van der Waals surface area contributed by atoms with Gasteiger partial charge in [0.25, 0.3) is 0 Å². The molecule has 19 heavy (non-hydrogen) atoms. The topological polar surface area (TPSA) is 59.1 Å². The molecule has 0 aliphatic carbocycles. The number of sulfone groups is 1. The van der Waals surface area contributed by atoms with Crippen LogP contribution in [-0.4, -0.2) is 30.9 Å². The van der Waals surface area contributed by atoms with E-state index in [0.29, 0.717) is 11.4 Å². The van der Waals surface area contributed by atoms with Gasteiger partial charge in [0.2, 0.25) is 0 Å². The van der Waals surface area contributed by atoms with Crippen LogP contribution >= 0.6 is 11.6 Å². The molecular formula is C13H13ClN2O2S. The summed E-state index contributed by atoms with van der Waals surface area (Å²) in [4.78, 5) is 4.33. The van der Waals surface area contributed by atoms with Gasteiger partial charge in [-0.2, -0.15) is 0 Å². The third kappa shape index (κ3) is 2.67. The summed E-state index contributed by atoms with van der Waals surface area (Å²) in [6, 6.07) is 7.36. The molecule has 1 aliphatic rings. The van der Waals surface area contributed by atoms with Crippen molar-refractivity contribution in [1.82, 2.24) is 4.98 Å². The highest BCUT2D eigenvalue weighted by molar-refractivity contribution is 7.91. The van der Waals surface area contributed by atoms with Gasteiger partial charge in [-0.3, -0.25) is 4.98 Å². The molecule has 1 saturated heterocycles. The van der Waals surface area contributed by atoms with E-state index in [4.69, 9.17) is 11.6 Å². The molecule has 3 rings (SSSR count). The highest BCUT2D eigenvalue weighted by Gasteiger charge is 2.28. The lowest BCUT2D eigenvalue weighted by Gasteiger charge is -2.14. The van der Waals surface area contributed by atoms with Crippen molar-refractivity contribution < 1.29 is 8.42 Å². The van der Waals surface area contributed by atoms with Gasteiger partial charge >= 0.3 is 0 Å².